The van der Waals surface area contributed by atoms with Crippen molar-refractivity contribution in [1.82, 2.24) is 0 Å². The van der Waals surface area contributed by atoms with E-state index in [-0.39, 0.29) is 23.5 Å². The van der Waals surface area contributed by atoms with Crippen LogP contribution in [-0.4, -0.2) is 24.6 Å². The third-order valence-electron chi connectivity index (χ3n) is 13.7. The van der Waals surface area contributed by atoms with Gasteiger partial charge in [0, 0.05) is 19.3 Å². The normalized spacial score (nSPS) is 45.6. The summed E-state index contributed by atoms with van der Waals surface area (Å²) in [5, 5.41) is 0. The number of allylic oxidation sites excluding steroid dienone is 1. The van der Waals surface area contributed by atoms with Crippen LogP contribution in [0.2, 0.25) is 0 Å². The fraction of sp³-hybridized carbons (Fsp3) is 0.882. The van der Waals surface area contributed by atoms with Crippen LogP contribution in [0.5, 0.6) is 0 Å². The molecule has 5 rings (SSSR count). The highest BCUT2D eigenvalue weighted by molar-refractivity contribution is 5.66. The summed E-state index contributed by atoms with van der Waals surface area (Å²) in [6.07, 6.45) is 16.7. The molecule has 0 saturated heterocycles. The van der Waals surface area contributed by atoms with Crippen molar-refractivity contribution >= 4 is 11.9 Å². The molecule has 4 heteroatoms. The molecule has 0 heterocycles. The standard InChI is InChI=1S/C34H54O4/c1-22(20-37-24(3)35)10-9-11-23(2)26-14-16-32(8)28-13-12-27-30(5,6)29(38-25(4)36)15-17-33(27)21-34(28,33)19-18-31(26,32)7/h10,23,26-29H,9,11-21H2,1-8H3/b22-10-/t23-,26-,27+,28+,29?,31-,32+,33-,34-/m1/s1. The maximum atomic E-state index is 11.9. The summed E-state index contributed by atoms with van der Waals surface area (Å²) in [6.45, 7) is 18.3. The highest BCUT2D eigenvalue weighted by Gasteiger charge is 2.82. The van der Waals surface area contributed by atoms with Crippen LogP contribution in [0.4, 0.5) is 0 Å². The molecular weight excluding hydrogens is 472 g/mol. The van der Waals surface area contributed by atoms with Gasteiger partial charge in [0.1, 0.15) is 12.7 Å². The lowest BCUT2D eigenvalue weighted by Gasteiger charge is -2.63. The summed E-state index contributed by atoms with van der Waals surface area (Å²) in [5.41, 5.74) is 3.15. The SMILES string of the molecule is CC(=O)OC/C(C)=C\CC[C@@H](C)[C@H]1CC[C@@]2(C)[C@@H]3CC[C@H]4C(C)(C)C(OC(C)=O)CC[C@@]45C[C@]35CC[C@]12C. The zero-order valence-electron chi connectivity index (χ0n) is 25.6. The third-order valence-corrected chi connectivity index (χ3v) is 13.7. The van der Waals surface area contributed by atoms with Gasteiger partial charge in [-0.2, -0.15) is 0 Å². The molecule has 5 saturated carbocycles. The molecule has 4 nitrogen and oxygen atoms in total. The molecule has 0 aromatic rings. The zero-order valence-corrected chi connectivity index (χ0v) is 25.6. The Morgan fingerprint density at radius 2 is 1.53 bits per heavy atom. The Bertz CT molecular complexity index is 996. The van der Waals surface area contributed by atoms with Crippen LogP contribution >= 0.6 is 0 Å². The molecular formula is C34H54O4. The van der Waals surface area contributed by atoms with Gasteiger partial charge < -0.3 is 9.47 Å². The van der Waals surface area contributed by atoms with Crippen molar-refractivity contribution in [2.45, 2.75) is 132 Å². The van der Waals surface area contributed by atoms with Gasteiger partial charge in [-0.15, -0.1) is 0 Å². The molecule has 5 aliphatic carbocycles. The van der Waals surface area contributed by atoms with E-state index in [1.165, 1.54) is 64.7 Å². The Morgan fingerprint density at radius 1 is 0.842 bits per heavy atom. The average Bonchev–Trinajstić information content (AvgIpc) is 3.41. The first-order valence-electron chi connectivity index (χ1n) is 15.7. The minimum Gasteiger partial charge on any atom is -0.462 e. The number of hydrogen-bond acceptors (Lipinski definition) is 4. The van der Waals surface area contributed by atoms with Gasteiger partial charge in [0.05, 0.1) is 0 Å². The van der Waals surface area contributed by atoms with Gasteiger partial charge in [-0.05, 0) is 128 Å². The smallest absolute Gasteiger partial charge is 0.302 e. The summed E-state index contributed by atoms with van der Waals surface area (Å²) in [4.78, 5) is 23.0. The Labute approximate surface area is 232 Å². The Kier molecular flexibility index (Phi) is 6.96. The second-order valence-corrected chi connectivity index (χ2v) is 15.5. The molecule has 2 spiro atoms. The molecule has 1 unspecified atom stereocenters. The fourth-order valence-corrected chi connectivity index (χ4v) is 11.8. The van der Waals surface area contributed by atoms with Gasteiger partial charge in [-0.25, -0.2) is 0 Å². The van der Waals surface area contributed by atoms with E-state index in [9.17, 15) is 9.59 Å². The summed E-state index contributed by atoms with van der Waals surface area (Å²) in [5.74, 6) is 2.75. The van der Waals surface area contributed by atoms with Gasteiger partial charge in [-0.3, -0.25) is 9.59 Å². The Morgan fingerprint density at radius 3 is 2.21 bits per heavy atom. The number of hydrogen-bond donors (Lipinski definition) is 0. The maximum Gasteiger partial charge on any atom is 0.302 e. The van der Waals surface area contributed by atoms with E-state index >= 15 is 0 Å². The lowest BCUT2D eigenvalue weighted by molar-refractivity contribution is -0.181. The van der Waals surface area contributed by atoms with Crippen molar-refractivity contribution in [2.24, 2.45) is 50.7 Å². The zero-order chi connectivity index (χ0) is 27.7. The molecule has 0 aromatic carbocycles. The van der Waals surface area contributed by atoms with Crippen LogP contribution in [-0.2, 0) is 19.1 Å². The van der Waals surface area contributed by atoms with Crippen molar-refractivity contribution in [3.05, 3.63) is 11.6 Å². The van der Waals surface area contributed by atoms with Crippen LogP contribution in [0.25, 0.3) is 0 Å². The summed E-state index contributed by atoms with van der Waals surface area (Å²) in [7, 11) is 0. The Hall–Kier alpha value is -1.32. The quantitative estimate of drug-likeness (QED) is 0.247. The topological polar surface area (TPSA) is 52.6 Å². The first-order valence-corrected chi connectivity index (χ1v) is 15.7. The highest BCUT2D eigenvalue weighted by Crippen LogP contribution is 2.89. The van der Waals surface area contributed by atoms with E-state index in [1.807, 2.05) is 0 Å². The number of ether oxygens (including phenoxy) is 2. The highest BCUT2D eigenvalue weighted by atomic mass is 16.5. The van der Waals surface area contributed by atoms with Crippen molar-refractivity contribution in [3.63, 3.8) is 0 Å². The molecule has 5 fully saturated rings. The van der Waals surface area contributed by atoms with E-state index in [0.29, 0.717) is 34.2 Å². The largest absolute Gasteiger partial charge is 0.462 e. The average molecular weight is 527 g/mol. The first-order chi connectivity index (χ1) is 17.7. The molecule has 0 aliphatic heterocycles. The number of carbonyl (C=O) groups is 2. The van der Waals surface area contributed by atoms with Gasteiger partial charge in [0.25, 0.3) is 0 Å². The summed E-state index contributed by atoms with van der Waals surface area (Å²) in [6, 6.07) is 0. The van der Waals surface area contributed by atoms with Crippen LogP contribution in [0.3, 0.4) is 0 Å². The van der Waals surface area contributed by atoms with Gasteiger partial charge >= 0.3 is 11.9 Å². The molecule has 0 aromatic heterocycles. The second-order valence-electron chi connectivity index (χ2n) is 15.5. The molecule has 0 N–H and O–H groups in total. The van der Waals surface area contributed by atoms with Crippen molar-refractivity contribution < 1.29 is 19.1 Å². The Balaban J connectivity index is 1.30. The number of carbonyl (C=O) groups excluding carboxylic acids is 2. The maximum absolute atomic E-state index is 11.9. The van der Waals surface area contributed by atoms with Gasteiger partial charge in [0.2, 0.25) is 0 Å². The molecule has 0 amide bonds. The molecule has 38 heavy (non-hydrogen) atoms. The minimum absolute atomic E-state index is 0.0773. The molecule has 9 atom stereocenters. The lowest BCUT2D eigenvalue weighted by atomic mass is 9.41. The van der Waals surface area contributed by atoms with E-state index in [0.717, 1.165) is 36.2 Å². The van der Waals surface area contributed by atoms with Crippen LogP contribution in [0.15, 0.2) is 11.6 Å². The first kappa shape index (κ1) is 28.2. The number of fused-ring (bicyclic) bond motifs is 2. The fourth-order valence-electron chi connectivity index (χ4n) is 11.8. The van der Waals surface area contributed by atoms with Gasteiger partial charge in [0.15, 0.2) is 0 Å². The number of rotatable bonds is 7. The molecule has 0 radical (unpaired) electrons. The third kappa shape index (κ3) is 3.96. The molecule has 214 valence electrons. The van der Waals surface area contributed by atoms with E-state index in [4.69, 9.17) is 9.47 Å². The van der Waals surface area contributed by atoms with Crippen molar-refractivity contribution in [3.8, 4) is 0 Å². The molecule has 5 aliphatic rings. The van der Waals surface area contributed by atoms with Gasteiger partial charge in [-0.1, -0.05) is 40.7 Å². The minimum atomic E-state index is -0.202. The van der Waals surface area contributed by atoms with E-state index in [2.05, 4.69) is 47.6 Å². The lowest BCUT2D eigenvalue weighted by Crippen LogP contribution is -2.58. The van der Waals surface area contributed by atoms with Crippen LogP contribution in [0, 0.1) is 50.7 Å². The molecule has 0 bridgehead atoms. The predicted molar refractivity (Wildman–Crippen MR) is 151 cm³/mol. The van der Waals surface area contributed by atoms with Crippen LogP contribution in [0.1, 0.15) is 126 Å². The van der Waals surface area contributed by atoms with E-state index in [1.54, 1.807) is 6.92 Å². The second kappa shape index (κ2) is 9.37. The van der Waals surface area contributed by atoms with Crippen molar-refractivity contribution in [1.29, 1.82) is 0 Å². The monoisotopic (exact) mass is 526 g/mol. The van der Waals surface area contributed by atoms with E-state index < -0.39 is 0 Å². The van der Waals surface area contributed by atoms with Crippen LogP contribution < -0.4 is 0 Å². The van der Waals surface area contributed by atoms with Crippen molar-refractivity contribution in [2.75, 3.05) is 6.61 Å². The summed E-state index contributed by atoms with van der Waals surface area (Å²) >= 11 is 0. The number of esters is 2. The predicted octanol–water partition coefficient (Wildman–Crippen LogP) is 8.28. The summed E-state index contributed by atoms with van der Waals surface area (Å²) < 4.78 is 11.1.